The molecule has 0 spiro atoms. The molecule has 0 saturated carbocycles. The van der Waals surface area contributed by atoms with E-state index in [9.17, 15) is 9.90 Å². The number of rotatable bonds is 4. The van der Waals surface area contributed by atoms with Crippen molar-refractivity contribution in [2.24, 2.45) is 7.05 Å². The van der Waals surface area contributed by atoms with E-state index >= 15 is 0 Å². The Morgan fingerprint density at radius 1 is 1.50 bits per heavy atom. The highest BCUT2D eigenvalue weighted by Gasteiger charge is 2.08. The average molecular weight is 337 g/mol. The molecule has 104 valence electrons. The largest absolute Gasteiger partial charge is 0.504 e. The lowest BCUT2D eigenvalue weighted by molar-refractivity contribution is 0.104. The summed E-state index contributed by atoms with van der Waals surface area (Å²) in [5.41, 5.74) is 1.25. The Balaban J connectivity index is 2.25. The maximum absolute atomic E-state index is 11.9. The van der Waals surface area contributed by atoms with Gasteiger partial charge >= 0.3 is 0 Å². The first-order valence-electron chi connectivity index (χ1n) is 5.79. The predicted octanol–water partition coefficient (Wildman–Crippen LogP) is 2.79. The summed E-state index contributed by atoms with van der Waals surface area (Å²) in [5, 5.41) is 13.6. The molecule has 0 aliphatic rings. The highest BCUT2D eigenvalue weighted by Crippen LogP contribution is 2.32. The lowest BCUT2D eigenvalue weighted by atomic mass is 10.1. The molecule has 20 heavy (non-hydrogen) atoms. The molecule has 1 aromatic heterocycles. The molecule has 0 aliphatic carbocycles. The van der Waals surface area contributed by atoms with E-state index in [1.165, 1.54) is 25.4 Å². The molecule has 0 radical (unpaired) electrons. The number of allylic oxidation sites excluding steroid dienone is 1. The van der Waals surface area contributed by atoms with E-state index in [2.05, 4.69) is 21.0 Å². The maximum atomic E-state index is 11.9. The topological polar surface area (TPSA) is 64.3 Å². The van der Waals surface area contributed by atoms with Crippen molar-refractivity contribution in [2.75, 3.05) is 7.11 Å². The van der Waals surface area contributed by atoms with Gasteiger partial charge in [-0.3, -0.25) is 9.48 Å². The first-order valence-corrected chi connectivity index (χ1v) is 6.58. The van der Waals surface area contributed by atoms with Crippen LogP contribution < -0.4 is 4.74 Å². The van der Waals surface area contributed by atoms with Crippen LogP contribution in [0, 0.1) is 0 Å². The summed E-state index contributed by atoms with van der Waals surface area (Å²) in [5.74, 6) is 0.244. The van der Waals surface area contributed by atoms with E-state index in [0.29, 0.717) is 15.8 Å². The van der Waals surface area contributed by atoms with Crippen LogP contribution in [0.15, 0.2) is 35.1 Å². The number of nitrogens with zero attached hydrogens (tertiary/aromatic N) is 2. The SMILES string of the molecule is COc1cc(/C=C/C(=O)c2cnn(C)c2)c(Br)cc1O. The fourth-order valence-corrected chi connectivity index (χ4v) is 2.12. The third-order valence-corrected chi connectivity index (χ3v) is 3.39. The van der Waals surface area contributed by atoms with Crippen LogP contribution in [-0.2, 0) is 7.05 Å². The molecule has 0 amide bonds. The van der Waals surface area contributed by atoms with E-state index in [1.54, 1.807) is 30.1 Å². The highest BCUT2D eigenvalue weighted by atomic mass is 79.9. The molecule has 0 atom stereocenters. The number of ketones is 1. The molecule has 0 bridgehead atoms. The van der Waals surface area contributed by atoms with Gasteiger partial charge < -0.3 is 9.84 Å². The molecule has 1 aromatic carbocycles. The number of phenolic OH excluding ortho intramolecular Hbond substituents is 1. The van der Waals surface area contributed by atoms with Gasteiger partial charge in [0.15, 0.2) is 17.3 Å². The van der Waals surface area contributed by atoms with Crippen molar-refractivity contribution in [2.45, 2.75) is 0 Å². The van der Waals surface area contributed by atoms with E-state index in [4.69, 9.17) is 4.74 Å². The van der Waals surface area contributed by atoms with Crippen molar-refractivity contribution >= 4 is 27.8 Å². The third kappa shape index (κ3) is 3.08. The number of aromatic hydroxyl groups is 1. The zero-order valence-electron chi connectivity index (χ0n) is 11.0. The van der Waals surface area contributed by atoms with E-state index < -0.39 is 0 Å². The summed E-state index contributed by atoms with van der Waals surface area (Å²) < 4.78 is 7.27. The van der Waals surface area contributed by atoms with Gasteiger partial charge in [0.05, 0.1) is 18.9 Å². The van der Waals surface area contributed by atoms with E-state index in [0.717, 1.165) is 5.56 Å². The first kappa shape index (κ1) is 14.3. The molecule has 0 fully saturated rings. The molecule has 5 nitrogen and oxygen atoms in total. The third-order valence-electron chi connectivity index (χ3n) is 2.70. The number of halogens is 1. The Kier molecular flexibility index (Phi) is 4.24. The fraction of sp³-hybridized carbons (Fsp3) is 0.143. The van der Waals surface area contributed by atoms with Gasteiger partial charge in [0.1, 0.15) is 0 Å². The quantitative estimate of drug-likeness (QED) is 0.688. The van der Waals surface area contributed by atoms with Gasteiger partial charge in [-0.1, -0.05) is 15.9 Å². The van der Waals surface area contributed by atoms with Crippen LogP contribution in [0.5, 0.6) is 11.5 Å². The average Bonchev–Trinajstić information content (AvgIpc) is 2.84. The Bertz CT molecular complexity index is 677. The summed E-state index contributed by atoms with van der Waals surface area (Å²) in [6.45, 7) is 0. The number of aromatic nitrogens is 2. The predicted molar refractivity (Wildman–Crippen MR) is 78.9 cm³/mol. The number of methoxy groups -OCH3 is 1. The number of hydrogen-bond acceptors (Lipinski definition) is 4. The number of ether oxygens (including phenoxy) is 1. The van der Waals surface area contributed by atoms with Crippen LogP contribution in [0.1, 0.15) is 15.9 Å². The smallest absolute Gasteiger partial charge is 0.189 e. The second-order valence-electron chi connectivity index (χ2n) is 4.15. The molecule has 0 saturated heterocycles. The highest BCUT2D eigenvalue weighted by molar-refractivity contribution is 9.10. The number of carbonyl (C=O) groups is 1. The first-order chi connectivity index (χ1) is 9.51. The molecular weight excluding hydrogens is 324 g/mol. The van der Waals surface area contributed by atoms with Crippen LogP contribution in [0.4, 0.5) is 0 Å². The fourth-order valence-electron chi connectivity index (χ4n) is 1.66. The van der Waals surface area contributed by atoms with E-state index in [1.807, 2.05) is 0 Å². The molecule has 0 aliphatic heterocycles. The zero-order valence-corrected chi connectivity index (χ0v) is 12.6. The minimum Gasteiger partial charge on any atom is -0.504 e. The summed E-state index contributed by atoms with van der Waals surface area (Å²) in [6, 6.07) is 3.17. The summed E-state index contributed by atoms with van der Waals surface area (Å²) in [6.07, 6.45) is 6.27. The number of carbonyl (C=O) groups excluding carboxylic acids is 1. The van der Waals surface area contributed by atoms with Crippen molar-refractivity contribution in [3.05, 3.63) is 46.2 Å². The molecule has 2 aromatic rings. The van der Waals surface area contributed by atoms with Gasteiger partial charge in [0.2, 0.25) is 0 Å². The number of benzene rings is 1. The van der Waals surface area contributed by atoms with Crippen LogP contribution in [0.3, 0.4) is 0 Å². The lowest BCUT2D eigenvalue weighted by Crippen LogP contribution is -1.92. The maximum Gasteiger partial charge on any atom is 0.189 e. The molecular formula is C14H13BrN2O3. The summed E-state index contributed by atoms with van der Waals surface area (Å²) >= 11 is 3.33. The van der Waals surface area contributed by atoms with Gasteiger partial charge in [-0.15, -0.1) is 0 Å². The molecule has 0 unspecified atom stereocenters. The Morgan fingerprint density at radius 2 is 2.25 bits per heavy atom. The zero-order chi connectivity index (χ0) is 14.7. The van der Waals surface area contributed by atoms with Crippen molar-refractivity contribution in [1.82, 2.24) is 9.78 Å². The standard InChI is InChI=1S/C14H13BrN2O3/c1-17-8-10(7-16-17)12(18)4-3-9-5-14(20-2)13(19)6-11(9)15/h3-8,19H,1-2H3/b4-3+. The monoisotopic (exact) mass is 336 g/mol. The molecule has 1 N–H and O–H groups in total. The Morgan fingerprint density at radius 3 is 2.85 bits per heavy atom. The minimum absolute atomic E-state index is 0.0371. The van der Waals surface area contributed by atoms with Crippen LogP contribution in [0.2, 0.25) is 0 Å². The number of hydrogen-bond donors (Lipinski definition) is 1. The van der Waals surface area contributed by atoms with Crippen LogP contribution in [0.25, 0.3) is 6.08 Å². The van der Waals surface area contributed by atoms with Crippen molar-refractivity contribution < 1.29 is 14.6 Å². The van der Waals surface area contributed by atoms with E-state index in [-0.39, 0.29) is 11.5 Å². The Hall–Kier alpha value is -2.08. The molecule has 1 heterocycles. The van der Waals surface area contributed by atoms with Gasteiger partial charge in [0.25, 0.3) is 0 Å². The molecule has 2 rings (SSSR count). The summed E-state index contributed by atoms with van der Waals surface area (Å²) in [4.78, 5) is 11.9. The molecule has 6 heteroatoms. The van der Waals surface area contributed by atoms with Gasteiger partial charge in [-0.25, -0.2) is 0 Å². The normalized spacial score (nSPS) is 10.9. The van der Waals surface area contributed by atoms with Crippen molar-refractivity contribution in [3.8, 4) is 11.5 Å². The van der Waals surface area contributed by atoms with Gasteiger partial charge in [0, 0.05) is 17.7 Å². The van der Waals surface area contributed by atoms with Crippen molar-refractivity contribution in [3.63, 3.8) is 0 Å². The van der Waals surface area contributed by atoms with Gasteiger partial charge in [-0.05, 0) is 29.8 Å². The number of aryl methyl sites for hydroxylation is 1. The minimum atomic E-state index is -0.142. The number of phenols is 1. The lowest BCUT2D eigenvalue weighted by Gasteiger charge is -2.06. The summed E-state index contributed by atoms with van der Waals surface area (Å²) in [7, 11) is 3.22. The van der Waals surface area contributed by atoms with Gasteiger partial charge in [-0.2, -0.15) is 5.10 Å². The van der Waals surface area contributed by atoms with Crippen LogP contribution in [-0.4, -0.2) is 27.8 Å². The van der Waals surface area contributed by atoms with Crippen LogP contribution >= 0.6 is 15.9 Å². The van der Waals surface area contributed by atoms with Crippen molar-refractivity contribution in [1.29, 1.82) is 0 Å². The second-order valence-corrected chi connectivity index (χ2v) is 5.00. The Labute approximate surface area is 124 Å². The second kappa shape index (κ2) is 5.92.